The fraction of sp³-hybridized carbons (Fsp3) is 0.538. The summed E-state index contributed by atoms with van der Waals surface area (Å²) in [6.07, 6.45) is 0.642. The van der Waals surface area contributed by atoms with Gasteiger partial charge in [0.15, 0.2) is 0 Å². The third-order valence-electron chi connectivity index (χ3n) is 2.29. The fourth-order valence-corrected chi connectivity index (χ4v) is 1.23. The minimum Gasteiger partial charge on any atom is -0.497 e. The van der Waals surface area contributed by atoms with E-state index in [1.54, 1.807) is 21.0 Å². The van der Waals surface area contributed by atoms with Crippen molar-refractivity contribution in [2.24, 2.45) is 0 Å². The first kappa shape index (κ1) is 13.0. The average Bonchev–Trinajstić information content (AvgIpc) is 2.24. The maximum absolute atomic E-state index is 9.49. The maximum atomic E-state index is 9.49. The largest absolute Gasteiger partial charge is 0.497 e. The van der Waals surface area contributed by atoms with Gasteiger partial charge in [-0.05, 0) is 38.0 Å². The molecule has 0 heterocycles. The average molecular weight is 224 g/mol. The van der Waals surface area contributed by atoms with Crippen LogP contribution in [0.15, 0.2) is 24.3 Å². The summed E-state index contributed by atoms with van der Waals surface area (Å²) in [7, 11) is 1.65. The Morgan fingerprint density at radius 1 is 1.19 bits per heavy atom. The highest BCUT2D eigenvalue weighted by molar-refractivity contribution is 5.26. The lowest BCUT2D eigenvalue weighted by Crippen LogP contribution is -2.20. The number of hydrogen-bond donors (Lipinski definition) is 1. The van der Waals surface area contributed by atoms with Crippen LogP contribution in [-0.2, 0) is 11.3 Å². The van der Waals surface area contributed by atoms with Crippen LogP contribution in [0.3, 0.4) is 0 Å². The minimum absolute atomic E-state index is 0.565. The van der Waals surface area contributed by atoms with Crippen molar-refractivity contribution in [2.45, 2.75) is 32.5 Å². The van der Waals surface area contributed by atoms with Crippen LogP contribution in [0.25, 0.3) is 0 Å². The minimum atomic E-state index is -0.653. The summed E-state index contributed by atoms with van der Waals surface area (Å²) in [5.74, 6) is 0.847. The van der Waals surface area contributed by atoms with Gasteiger partial charge in [-0.15, -0.1) is 0 Å². The van der Waals surface area contributed by atoms with Crippen molar-refractivity contribution in [2.75, 3.05) is 13.7 Å². The molecule has 0 unspecified atom stereocenters. The zero-order valence-corrected chi connectivity index (χ0v) is 10.2. The molecule has 90 valence electrons. The zero-order valence-electron chi connectivity index (χ0n) is 10.2. The number of aliphatic hydroxyl groups is 1. The van der Waals surface area contributed by atoms with Gasteiger partial charge in [0.2, 0.25) is 0 Å². The van der Waals surface area contributed by atoms with Crippen LogP contribution < -0.4 is 4.74 Å². The van der Waals surface area contributed by atoms with E-state index in [2.05, 4.69) is 0 Å². The highest BCUT2D eigenvalue weighted by Gasteiger charge is 2.11. The first-order chi connectivity index (χ1) is 7.51. The van der Waals surface area contributed by atoms with Gasteiger partial charge in [0.25, 0.3) is 0 Å². The lowest BCUT2D eigenvalue weighted by Gasteiger charge is -2.16. The predicted molar refractivity (Wildman–Crippen MR) is 63.6 cm³/mol. The maximum Gasteiger partial charge on any atom is 0.118 e. The third kappa shape index (κ3) is 5.14. The summed E-state index contributed by atoms with van der Waals surface area (Å²) in [6, 6.07) is 7.77. The summed E-state index contributed by atoms with van der Waals surface area (Å²) in [4.78, 5) is 0. The Morgan fingerprint density at radius 3 is 2.31 bits per heavy atom. The van der Waals surface area contributed by atoms with Crippen LogP contribution in [0, 0.1) is 0 Å². The Morgan fingerprint density at radius 2 is 1.81 bits per heavy atom. The monoisotopic (exact) mass is 224 g/mol. The Bertz CT molecular complexity index is 298. The molecule has 0 fully saturated rings. The first-order valence-corrected chi connectivity index (χ1v) is 5.44. The second-order valence-corrected chi connectivity index (χ2v) is 4.46. The van der Waals surface area contributed by atoms with Gasteiger partial charge >= 0.3 is 0 Å². The SMILES string of the molecule is COc1ccc(COCCC(C)(C)O)cc1. The molecule has 0 spiro atoms. The molecule has 0 atom stereocenters. The smallest absolute Gasteiger partial charge is 0.118 e. The second-order valence-electron chi connectivity index (χ2n) is 4.46. The molecule has 0 saturated heterocycles. The van der Waals surface area contributed by atoms with E-state index in [1.807, 2.05) is 24.3 Å². The van der Waals surface area contributed by atoms with Crippen LogP contribution in [-0.4, -0.2) is 24.4 Å². The highest BCUT2D eigenvalue weighted by atomic mass is 16.5. The number of methoxy groups -OCH3 is 1. The molecule has 0 bridgehead atoms. The molecule has 1 aromatic rings. The van der Waals surface area contributed by atoms with E-state index in [9.17, 15) is 5.11 Å². The molecule has 1 N–H and O–H groups in total. The molecule has 0 aliphatic heterocycles. The zero-order chi connectivity index (χ0) is 12.0. The van der Waals surface area contributed by atoms with Crippen molar-refractivity contribution in [1.82, 2.24) is 0 Å². The Labute approximate surface area is 97.0 Å². The second kappa shape index (κ2) is 5.87. The van der Waals surface area contributed by atoms with Gasteiger partial charge in [0.05, 0.1) is 19.3 Å². The molecule has 1 rings (SSSR count). The van der Waals surface area contributed by atoms with E-state index < -0.39 is 5.60 Å². The fourth-order valence-electron chi connectivity index (χ4n) is 1.23. The first-order valence-electron chi connectivity index (χ1n) is 5.44. The van der Waals surface area contributed by atoms with Crippen molar-refractivity contribution >= 4 is 0 Å². The van der Waals surface area contributed by atoms with Gasteiger partial charge in [0, 0.05) is 6.61 Å². The van der Waals surface area contributed by atoms with Gasteiger partial charge in [-0.3, -0.25) is 0 Å². The molecule has 1 aromatic carbocycles. The van der Waals surface area contributed by atoms with E-state index in [1.165, 1.54) is 0 Å². The summed E-state index contributed by atoms with van der Waals surface area (Å²) in [5, 5.41) is 9.49. The molecule has 0 saturated carbocycles. The van der Waals surface area contributed by atoms with Crippen LogP contribution in [0.2, 0.25) is 0 Å². The van der Waals surface area contributed by atoms with Crippen molar-refractivity contribution in [1.29, 1.82) is 0 Å². The molecule has 0 aliphatic rings. The highest BCUT2D eigenvalue weighted by Crippen LogP contribution is 2.13. The van der Waals surface area contributed by atoms with E-state index in [4.69, 9.17) is 9.47 Å². The molecule has 0 amide bonds. The molecule has 0 aromatic heterocycles. The summed E-state index contributed by atoms with van der Waals surface area (Å²) >= 11 is 0. The van der Waals surface area contributed by atoms with Crippen molar-refractivity contribution in [3.63, 3.8) is 0 Å². The molecular formula is C13H20O3. The Kier molecular flexibility index (Phi) is 4.77. The van der Waals surface area contributed by atoms with Crippen molar-refractivity contribution < 1.29 is 14.6 Å². The normalized spacial score (nSPS) is 11.5. The number of ether oxygens (including phenoxy) is 2. The topological polar surface area (TPSA) is 38.7 Å². The quantitative estimate of drug-likeness (QED) is 0.754. The molecule has 3 nitrogen and oxygen atoms in total. The molecule has 3 heteroatoms. The number of rotatable bonds is 6. The van der Waals surface area contributed by atoms with Crippen molar-refractivity contribution in [3.05, 3.63) is 29.8 Å². The van der Waals surface area contributed by atoms with Gasteiger partial charge in [-0.2, -0.15) is 0 Å². The third-order valence-corrected chi connectivity index (χ3v) is 2.29. The van der Waals surface area contributed by atoms with Crippen LogP contribution >= 0.6 is 0 Å². The predicted octanol–water partition coefficient (Wildman–Crippen LogP) is 2.37. The van der Waals surface area contributed by atoms with Gasteiger partial charge in [-0.25, -0.2) is 0 Å². The summed E-state index contributed by atoms with van der Waals surface area (Å²) < 4.78 is 10.5. The lowest BCUT2D eigenvalue weighted by molar-refractivity contribution is 0.0237. The van der Waals surface area contributed by atoms with E-state index in [0.717, 1.165) is 11.3 Å². The molecule has 0 aliphatic carbocycles. The van der Waals surface area contributed by atoms with Gasteiger partial charge < -0.3 is 14.6 Å². The van der Waals surface area contributed by atoms with Gasteiger partial charge in [0.1, 0.15) is 5.75 Å². The lowest BCUT2D eigenvalue weighted by atomic mass is 10.1. The standard InChI is InChI=1S/C13H20O3/c1-13(2,14)8-9-16-10-11-4-6-12(15-3)7-5-11/h4-7,14H,8-10H2,1-3H3. The Balaban J connectivity index is 2.27. The Hall–Kier alpha value is -1.06. The van der Waals surface area contributed by atoms with E-state index in [-0.39, 0.29) is 0 Å². The van der Waals surface area contributed by atoms with Crippen LogP contribution in [0.5, 0.6) is 5.75 Å². The van der Waals surface area contributed by atoms with Crippen LogP contribution in [0.4, 0.5) is 0 Å². The van der Waals surface area contributed by atoms with Crippen LogP contribution in [0.1, 0.15) is 25.8 Å². The van der Waals surface area contributed by atoms with Crippen molar-refractivity contribution in [3.8, 4) is 5.75 Å². The van der Waals surface area contributed by atoms with E-state index in [0.29, 0.717) is 19.6 Å². The number of hydrogen-bond acceptors (Lipinski definition) is 3. The molecule has 16 heavy (non-hydrogen) atoms. The molecular weight excluding hydrogens is 204 g/mol. The summed E-state index contributed by atoms with van der Waals surface area (Å²) in [5.41, 5.74) is 0.455. The summed E-state index contributed by atoms with van der Waals surface area (Å²) in [6.45, 7) is 4.70. The number of benzene rings is 1. The van der Waals surface area contributed by atoms with Gasteiger partial charge in [-0.1, -0.05) is 12.1 Å². The molecule has 0 radical (unpaired) electrons. The van der Waals surface area contributed by atoms with E-state index >= 15 is 0 Å².